The summed E-state index contributed by atoms with van der Waals surface area (Å²) < 4.78 is 76.1. The molecule has 0 unspecified atom stereocenters. The van der Waals surface area contributed by atoms with E-state index in [2.05, 4.69) is 86.4 Å². The predicted octanol–water partition coefficient (Wildman–Crippen LogP) is 10.1. The summed E-state index contributed by atoms with van der Waals surface area (Å²) in [6, 6.07) is 42.0. The summed E-state index contributed by atoms with van der Waals surface area (Å²) in [5.74, 6) is 1.72. The maximum atomic E-state index is 13.1. The van der Waals surface area contributed by atoms with Gasteiger partial charge < -0.3 is 18.4 Å². The molecule has 54 heavy (non-hydrogen) atoms. The van der Waals surface area contributed by atoms with Crippen molar-refractivity contribution >= 4 is 27.0 Å². The first-order chi connectivity index (χ1) is 25.6. The molecule has 5 aromatic carbocycles. The fourth-order valence-electron chi connectivity index (χ4n) is 4.96. The summed E-state index contributed by atoms with van der Waals surface area (Å²) in [7, 11) is -6.45. The van der Waals surface area contributed by atoms with Gasteiger partial charge in [0, 0.05) is 0 Å². The van der Waals surface area contributed by atoms with E-state index >= 15 is 0 Å². The topological polar surface area (TPSA) is 132 Å². The molecule has 0 saturated carbocycles. The minimum Gasteiger partial charge on any atom is -0.741 e. The number of benzene rings is 5. The van der Waals surface area contributed by atoms with E-state index in [1.807, 2.05) is 60.7 Å². The second-order valence-electron chi connectivity index (χ2n) is 12.4. The quantitative estimate of drug-likeness (QED) is 0.0577. The first kappa shape index (κ1) is 39.8. The van der Waals surface area contributed by atoms with Crippen molar-refractivity contribution in [2.75, 3.05) is 0 Å². The highest BCUT2D eigenvalue weighted by Gasteiger charge is 2.37. The maximum Gasteiger partial charge on any atom is 0.485 e. The molecular weight excluding hydrogens is 742 g/mol. The van der Waals surface area contributed by atoms with Crippen molar-refractivity contribution in [3.05, 3.63) is 144 Å². The molecule has 280 valence electrons. The molecule has 0 aliphatic heterocycles. The Kier molecular flexibility index (Phi) is 12.6. The molecule has 9 nitrogen and oxygen atoms in total. The number of nitrogens with zero attached hydrogens (tertiary/aromatic N) is 2. The molecule has 0 aliphatic rings. The minimum atomic E-state index is -6.09. The standard InChI is InChI=1S/C39H35N2O4S.CHF3O3S/c1-26(2)28-14-20-32(21-15-28)46(33-22-16-29(17-23-33)27(3)4)34-24-18-30(19-25-34)38(42)45-39-41-40-37(44-39)35-12-8-9-13-36(35)43-31-10-6-5-7-11-31;2-1(3,4)8(5,6)7/h5-27H,1-4H3;(H,5,6,7)/q+1;/p-1. The van der Waals surface area contributed by atoms with E-state index in [0.717, 1.165) is 4.90 Å². The zero-order chi connectivity index (χ0) is 39.0. The lowest BCUT2D eigenvalue weighted by Gasteiger charge is -2.12. The Balaban J connectivity index is 0.000000631. The van der Waals surface area contributed by atoms with Crippen molar-refractivity contribution in [1.82, 2.24) is 10.2 Å². The molecule has 0 amide bonds. The van der Waals surface area contributed by atoms with Gasteiger partial charge in [0.25, 0.3) is 5.89 Å². The molecule has 6 rings (SSSR count). The van der Waals surface area contributed by atoms with Crippen molar-refractivity contribution in [2.24, 2.45) is 0 Å². The van der Waals surface area contributed by atoms with E-state index in [0.29, 0.717) is 34.5 Å². The molecule has 0 bridgehead atoms. The molecule has 0 N–H and O–H groups in total. The number of alkyl halides is 3. The summed E-state index contributed by atoms with van der Waals surface area (Å²) in [4.78, 5) is 16.6. The van der Waals surface area contributed by atoms with Crippen LogP contribution in [0.4, 0.5) is 13.2 Å². The van der Waals surface area contributed by atoms with Crippen molar-refractivity contribution in [3.8, 4) is 29.0 Å². The average molecular weight is 777 g/mol. The lowest BCUT2D eigenvalue weighted by atomic mass is 10.0. The summed E-state index contributed by atoms with van der Waals surface area (Å²) in [6.45, 7) is 8.80. The zero-order valence-corrected chi connectivity index (χ0v) is 31.1. The van der Waals surface area contributed by atoms with Crippen LogP contribution in [0, 0.1) is 0 Å². The van der Waals surface area contributed by atoms with Crippen LogP contribution < -0.4 is 9.47 Å². The van der Waals surface area contributed by atoms with Crippen LogP contribution in [0.2, 0.25) is 0 Å². The Morgan fingerprint density at radius 3 is 1.65 bits per heavy atom. The van der Waals surface area contributed by atoms with Crippen LogP contribution in [-0.4, -0.2) is 34.6 Å². The zero-order valence-electron chi connectivity index (χ0n) is 29.5. The molecule has 0 fully saturated rings. The second-order valence-corrected chi connectivity index (χ2v) is 15.7. The lowest BCUT2D eigenvalue weighted by Crippen LogP contribution is -2.21. The van der Waals surface area contributed by atoms with Gasteiger partial charge >= 0.3 is 17.6 Å². The van der Waals surface area contributed by atoms with Gasteiger partial charge in [0.2, 0.25) is 0 Å². The van der Waals surface area contributed by atoms with Crippen molar-refractivity contribution in [1.29, 1.82) is 0 Å². The molecule has 0 saturated heterocycles. The van der Waals surface area contributed by atoms with Crippen LogP contribution in [0.15, 0.2) is 146 Å². The Hall–Kier alpha value is -5.44. The first-order valence-corrected chi connectivity index (χ1v) is 19.2. The van der Waals surface area contributed by atoms with Gasteiger partial charge in [-0.2, -0.15) is 13.2 Å². The number of carbonyl (C=O) groups is 1. The monoisotopic (exact) mass is 776 g/mol. The van der Waals surface area contributed by atoms with E-state index in [9.17, 15) is 18.0 Å². The summed E-state index contributed by atoms with van der Waals surface area (Å²) in [5.41, 5.74) is -2.08. The van der Waals surface area contributed by atoms with E-state index in [1.54, 1.807) is 18.2 Å². The highest BCUT2D eigenvalue weighted by Crippen LogP contribution is 2.35. The van der Waals surface area contributed by atoms with E-state index < -0.39 is 21.6 Å². The normalized spacial score (nSPS) is 11.7. The molecule has 0 atom stereocenters. The number of ether oxygens (including phenoxy) is 2. The lowest BCUT2D eigenvalue weighted by molar-refractivity contribution is -0.0517. The fourth-order valence-corrected chi connectivity index (χ4v) is 7.00. The number of rotatable bonds is 10. The third-order valence-electron chi connectivity index (χ3n) is 7.85. The van der Waals surface area contributed by atoms with Crippen LogP contribution in [-0.2, 0) is 21.0 Å². The van der Waals surface area contributed by atoms with Crippen molar-refractivity contribution in [3.63, 3.8) is 0 Å². The van der Waals surface area contributed by atoms with Gasteiger partial charge in [0.15, 0.2) is 24.8 Å². The van der Waals surface area contributed by atoms with E-state index in [-0.39, 0.29) is 22.9 Å². The molecule has 1 aromatic heterocycles. The molecule has 6 aromatic rings. The van der Waals surface area contributed by atoms with Crippen LogP contribution in [0.1, 0.15) is 61.0 Å². The van der Waals surface area contributed by atoms with Gasteiger partial charge in [-0.25, -0.2) is 13.2 Å². The minimum absolute atomic E-state index is 0.181. The molecular formula is C40H35F3N2O7S2. The molecule has 1 heterocycles. The largest absolute Gasteiger partial charge is 0.741 e. The number of halogens is 3. The van der Waals surface area contributed by atoms with E-state index in [4.69, 9.17) is 26.9 Å². The average Bonchev–Trinajstić information content (AvgIpc) is 3.60. The Bertz CT molecular complexity index is 2210. The summed E-state index contributed by atoms with van der Waals surface area (Å²) in [5, 5.41) is 8.06. The fraction of sp³-hybridized carbons (Fsp3) is 0.175. The highest BCUT2D eigenvalue weighted by molar-refractivity contribution is 7.97. The third kappa shape index (κ3) is 10.2. The molecule has 0 spiro atoms. The van der Waals surface area contributed by atoms with Gasteiger partial charge in [0.05, 0.1) is 22.0 Å². The van der Waals surface area contributed by atoms with Gasteiger partial charge in [0.1, 0.15) is 11.5 Å². The number of hydrogen-bond donors (Lipinski definition) is 0. The SMILES string of the molecule is CC(C)c1ccc([S+](c2ccc(C(=O)Oc3nnc(-c4ccccc4Oc4ccccc4)o3)cc2)c2ccc(C(C)C)cc2)cc1.O=S(=O)([O-])C(F)(F)F. The maximum absolute atomic E-state index is 13.1. The molecule has 14 heteroatoms. The van der Waals surface area contributed by atoms with Crippen LogP contribution in [0.25, 0.3) is 11.5 Å². The van der Waals surface area contributed by atoms with Crippen LogP contribution in [0.3, 0.4) is 0 Å². The number of hydrogen-bond acceptors (Lipinski definition) is 9. The Morgan fingerprint density at radius 1 is 0.704 bits per heavy atom. The Morgan fingerprint density at radius 2 is 1.17 bits per heavy atom. The number of esters is 1. The Labute approximate surface area is 313 Å². The van der Waals surface area contributed by atoms with Gasteiger partial charge in [-0.15, -0.1) is 5.10 Å². The van der Waals surface area contributed by atoms with Crippen molar-refractivity contribution < 1.29 is 44.8 Å². The number of para-hydroxylation sites is 2. The molecule has 0 radical (unpaired) electrons. The highest BCUT2D eigenvalue weighted by atomic mass is 32.2. The second kappa shape index (κ2) is 17.1. The predicted molar refractivity (Wildman–Crippen MR) is 197 cm³/mol. The molecule has 0 aliphatic carbocycles. The van der Waals surface area contributed by atoms with Gasteiger partial charge in [-0.1, -0.05) is 87.4 Å². The third-order valence-corrected chi connectivity index (χ3v) is 10.6. The van der Waals surface area contributed by atoms with E-state index in [1.165, 1.54) is 20.9 Å². The van der Waals surface area contributed by atoms with Gasteiger partial charge in [-0.05, 0) is 95.8 Å². The summed E-state index contributed by atoms with van der Waals surface area (Å²) >= 11 is 0. The number of aromatic nitrogens is 2. The van der Waals surface area contributed by atoms with Crippen LogP contribution in [0.5, 0.6) is 17.6 Å². The first-order valence-electron chi connectivity index (χ1n) is 16.5. The number of carbonyl (C=O) groups excluding carboxylic acids is 1. The van der Waals surface area contributed by atoms with Crippen molar-refractivity contribution in [2.45, 2.75) is 59.7 Å². The van der Waals surface area contributed by atoms with Gasteiger partial charge in [-0.3, -0.25) is 0 Å². The summed E-state index contributed by atoms with van der Waals surface area (Å²) in [6.07, 6.45) is -0.242. The smallest absolute Gasteiger partial charge is 0.485 e. The van der Waals surface area contributed by atoms with Crippen LogP contribution >= 0.6 is 0 Å².